The Labute approximate surface area is 153 Å². The molecule has 3 aromatic rings. The number of carbonyl (C=O) groups excluding carboxylic acids is 1. The minimum Gasteiger partial charge on any atom is -0.370 e. The molecule has 3 aromatic carbocycles. The molecule has 4 nitrogen and oxygen atoms in total. The van der Waals surface area contributed by atoms with Crippen LogP contribution in [0.1, 0.15) is 22.6 Å². The molecule has 1 atom stereocenters. The molecular formula is C22H22N2O2. The van der Waals surface area contributed by atoms with Crippen LogP contribution in [0.2, 0.25) is 0 Å². The second-order valence-electron chi connectivity index (χ2n) is 6.26. The molecule has 132 valence electrons. The van der Waals surface area contributed by atoms with Crippen LogP contribution in [0.3, 0.4) is 0 Å². The number of hydroxylamine groups is 1. The molecule has 0 aromatic heterocycles. The number of carbonyl (C=O) groups is 1. The molecule has 26 heavy (non-hydrogen) atoms. The summed E-state index contributed by atoms with van der Waals surface area (Å²) in [5, 5.41) is 9.19. The molecule has 3 rings (SSSR count). The Hall–Kier alpha value is -3.11. The lowest BCUT2D eigenvalue weighted by molar-refractivity contribution is -0.129. The van der Waals surface area contributed by atoms with Crippen molar-refractivity contribution in [1.29, 1.82) is 0 Å². The van der Waals surface area contributed by atoms with E-state index in [9.17, 15) is 10.0 Å². The standard InChI is InChI=1S/C22H22N2O2/c1-24(16-17-9-4-2-5-10-17)20-14-8-13-19(15-20)21(22(25)23-26)18-11-6-3-7-12-18/h2-15,21,26H,16H2,1H3,(H,23,25). The first-order chi connectivity index (χ1) is 12.7. The molecule has 4 heteroatoms. The SMILES string of the molecule is CN(Cc1ccccc1)c1cccc(C(C(=O)NO)c2ccccc2)c1. The molecule has 0 fully saturated rings. The molecule has 0 bridgehead atoms. The summed E-state index contributed by atoms with van der Waals surface area (Å²) in [7, 11) is 2.02. The molecule has 2 N–H and O–H groups in total. The van der Waals surface area contributed by atoms with E-state index in [1.165, 1.54) is 5.56 Å². The zero-order valence-electron chi connectivity index (χ0n) is 14.7. The van der Waals surface area contributed by atoms with Gasteiger partial charge in [0.05, 0.1) is 5.92 Å². The second kappa shape index (κ2) is 8.32. The van der Waals surface area contributed by atoms with E-state index in [0.29, 0.717) is 0 Å². The van der Waals surface area contributed by atoms with E-state index >= 15 is 0 Å². The van der Waals surface area contributed by atoms with E-state index < -0.39 is 11.8 Å². The highest BCUT2D eigenvalue weighted by Gasteiger charge is 2.22. The number of hydrogen-bond donors (Lipinski definition) is 2. The van der Waals surface area contributed by atoms with Crippen LogP contribution in [0.4, 0.5) is 5.69 Å². The molecule has 0 aliphatic heterocycles. The van der Waals surface area contributed by atoms with Gasteiger partial charge in [-0.2, -0.15) is 0 Å². The van der Waals surface area contributed by atoms with E-state index in [0.717, 1.165) is 23.4 Å². The second-order valence-corrected chi connectivity index (χ2v) is 6.26. The van der Waals surface area contributed by atoms with Crippen molar-refractivity contribution in [1.82, 2.24) is 5.48 Å². The minimum absolute atomic E-state index is 0.445. The summed E-state index contributed by atoms with van der Waals surface area (Å²) in [6.45, 7) is 0.770. The highest BCUT2D eigenvalue weighted by atomic mass is 16.5. The van der Waals surface area contributed by atoms with Crippen LogP contribution < -0.4 is 10.4 Å². The van der Waals surface area contributed by atoms with Crippen LogP contribution in [0.5, 0.6) is 0 Å². The van der Waals surface area contributed by atoms with Gasteiger partial charge in [0.1, 0.15) is 0 Å². The molecule has 0 spiro atoms. The maximum absolute atomic E-state index is 12.3. The van der Waals surface area contributed by atoms with Crippen molar-refractivity contribution in [3.05, 3.63) is 102 Å². The van der Waals surface area contributed by atoms with Gasteiger partial charge >= 0.3 is 0 Å². The molecule has 0 radical (unpaired) electrons. The summed E-state index contributed by atoms with van der Waals surface area (Å²) < 4.78 is 0. The van der Waals surface area contributed by atoms with Gasteiger partial charge in [-0.25, -0.2) is 5.48 Å². The number of hydrogen-bond acceptors (Lipinski definition) is 3. The third-order valence-electron chi connectivity index (χ3n) is 4.41. The molecule has 0 heterocycles. The Kier molecular flexibility index (Phi) is 5.66. The summed E-state index contributed by atoms with van der Waals surface area (Å²) in [6, 6.07) is 27.5. The van der Waals surface area contributed by atoms with E-state index in [1.807, 2.05) is 79.8 Å². The van der Waals surface area contributed by atoms with Gasteiger partial charge in [0.2, 0.25) is 0 Å². The van der Waals surface area contributed by atoms with Gasteiger partial charge in [-0.15, -0.1) is 0 Å². The van der Waals surface area contributed by atoms with Crippen LogP contribution in [-0.2, 0) is 11.3 Å². The third kappa shape index (κ3) is 4.10. The van der Waals surface area contributed by atoms with Crippen LogP contribution in [0, 0.1) is 0 Å². The number of anilines is 1. The first-order valence-corrected chi connectivity index (χ1v) is 8.53. The summed E-state index contributed by atoms with van der Waals surface area (Å²) in [5.74, 6) is -1.01. The maximum atomic E-state index is 12.3. The van der Waals surface area contributed by atoms with Gasteiger partial charge < -0.3 is 4.90 Å². The molecule has 0 aliphatic carbocycles. The quantitative estimate of drug-likeness (QED) is 0.525. The zero-order valence-corrected chi connectivity index (χ0v) is 14.7. The average molecular weight is 346 g/mol. The summed E-state index contributed by atoms with van der Waals surface area (Å²) >= 11 is 0. The smallest absolute Gasteiger partial charge is 0.255 e. The normalized spacial score (nSPS) is 11.6. The molecule has 0 saturated heterocycles. The first-order valence-electron chi connectivity index (χ1n) is 8.53. The largest absolute Gasteiger partial charge is 0.370 e. The summed E-state index contributed by atoms with van der Waals surface area (Å²) in [6.07, 6.45) is 0. The average Bonchev–Trinajstić information content (AvgIpc) is 2.70. The Morgan fingerprint density at radius 3 is 2.19 bits per heavy atom. The van der Waals surface area contributed by atoms with Gasteiger partial charge in [-0.1, -0.05) is 72.8 Å². The van der Waals surface area contributed by atoms with Crippen LogP contribution in [-0.4, -0.2) is 18.2 Å². The highest BCUT2D eigenvalue weighted by molar-refractivity contribution is 5.86. The van der Waals surface area contributed by atoms with E-state index in [4.69, 9.17) is 0 Å². The maximum Gasteiger partial charge on any atom is 0.255 e. The highest BCUT2D eigenvalue weighted by Crippen LogP contribution is 2.28. The van der Waals surface area contributed by atoms with E-state index in [-0.39, 0.29) is 0 Å². The predicted molar refractivity (Wildman–Crippen MR) is 103 cm³/mol. The molecule has 1 unspecified atom stereocenters. The van der Waals surface area contributed by atoms with E-state index in [2.05, 4.69) is 17.0 Å². The summed E-state index contributed by atoms with van der Waals surface area (Å²) in [4.78, 5) is 14.4. The fraction of sp³-hybridized carbons (Fsp3) is 0.136. The van der Waals surface area contributed by atoms with Crippen molar-refractivity contribution in [2.45, 2.75) is 12.5 Å². The third-order valence-corrected chi connectivity index (χ3v) is 4.41. The zero-order chi connectivity index (χ0) is 18.4. The van der Waals surface area contributed by atoms with Crippen molar-refractivity contribution in [2.24, 2.45) is 0 Å². The van der Waals surface area contributed by atoms with Gasteiger partial charge in [0, 0.05) is 19.3 Å². The van der Waals surface area contributed by atoms with Gasteiger partial charge in [0.15, 0.2) is 0 Å². The van der Waals surface area contributed by atoms with Gasteiger partial charge in [-0.3, -0.25) is 10.0 Å². The van der Waals surface area contributed by atoms with Crippen molar-refractivity contribution in [2.75, 3.05) is 11.9 Å². The number of nitrogens with one attached hydrogen (secondary N) is 1. The topological polar surface area (TPSA) is 52.6 Å². The Morgan fingerprint density at radius 2 is 1.54 bits per heavy atom. The number of benzene rings is 3. The minimum atomic E-state index is -0.564. The number of amides is 1. The Balaban J connectivity index is 1.90. The Morgan fingerprint density at radius 1 is 0.923 bits per heavy atom. The molecule has 0 saturated carbocycles. The number of rotatable bonds is 6. The molecular weight excluding hydrogens is 324 g/mol. The summed E-state index contributed by atoms with van der Waals surface area (Å²) in [5.41, 5.74) is 5.69. The van der Waals surface area contributed by atoms with E-state index in [1.54, 1.807) is 5.48 Å². The Bertz CT molecular complexity index is 850. The fourth-order valence-electron chi connectivity index (χ4n) is 3.10. The van der Waals surface area contributed by atoms with Crippen molar-refractivity contribution in [3.63, 3.8) is 0 Å². The molecule has 1 amide bonds. The van der Waals surface area contributed by atoms with Crippen molar-refractivity contribution in [3.8, 4) is 0 Å². The lowest BCUT2D eigenvalue weighted by atomic mass is 9.90. The van der Waals surface area contributed by atoms with Crippen LogP contribution in [0.15, 0.2) is 84.9 Å². The van der Waals surface area contributed by atoms with Crippen molar-refractivity contribution >= 4 is 11.6 Å². The molecule has 0 aliphatic rings. The fourth-order valence-corrected chi connectivity index (χ4v) is 3.10. The monoisotopic (exact) mass is 346 g/mol. The number of nitrogens with zero attached hydrogens (tertiary/aromatic N) is 1. The lowest BCUT2D eigenvalue weighted by Gasteiger charge is -2.22. The van der Waals surface area contributed by atoms with Crippen LogP contribution >= 0.6 is 0 Å². The lowest BCUT2D eigenvalue weighted by Crippen LogP contribution is -2.27. The first kappa shape index (κ1) is 17.7. The van der Waals surface area contributed by atoms with Gasteiger partial charge in [-0.05, 0) is 28.8 Å². The van der Waals surface area contributed by atoms with Crippen molar-refractivity contribution < 1.29 is 10.0 Å². The predicted octanol–water partition coefficient (Wildman–Crippen LogP) is 3.96. The van der Waals surface area contributed by atoms with Gasteiger partial charge in [0.25, 0.3) is 5.91 Å². The van der Waals surface area contributed by atoms with Crippen LogP contribution in [0.25, 0.3) is 0 Å².